The number of carbonyl (C=O) groups is 2. The van der Waals surface area contributed by atoms with Gasteiger partial charge in [-0.3, -0.25) is 13.9 Å². The fraction of sp³-hybridized carbons (Fsp3) is 0.257. The van der Waals surface area contributed by atoms with Crippen LogP contribution in [0.2, 0.25) is 5.02 Å². The van der Waals surface area contributed by atoms with Gasteiger partial charge >= 0.3 is 0 Å². The molecule has 1 aliphatic carbocycles. The van der Waals surface area contributed by atoms with Crippen LogP contribution in [0.1, 0.15) is 36.8 Å². The molecule has 0 aromatic heterocycles. The summed E-state index contributed by atoms with van der Waals surface area (Å²) in [6.07, 6.45) is 3.99. The molecule has 1 fully saturated rings. The van der Waals surface area contributed by atoms with Crippen LogP contribution in [0.4, 0.5) is 10.1 Å². The predicted molar refractivity (Wildman–Crippen MR) is 174 cm³/mol. The number of carbonyl (C=O) groups excluding carboxylic acids is 2. The maximum Gasteiger partial charge on any atom is 0.264 e. The van der Waals surface area contributed by atoms with E-state index >= 15 is 0 Å². The first-order valence-corrected chi connectivity index (χ1v) is 16.7. The van der Waals surface area contributed by atoms with E-state index in [0.717, 1.165) is 53.2 Å². The van der Waals surface area contributed by atoms with Crippen LogP contribution in [-0.4, -0.2) is 43.8 Å². The maximum absolute atomic E-state index is 14.5. The molecule has 0 spiro atoms. The van der Waals surface area contributed by atoms with Crippen LogP contribution in [-0.2, 0) is 32.6 Å². The Bertz CT molecular complexity index is 1680. The highest BCUT2D eigenvalue weighted by molar-refractivity contribution is 7.92. The van der Waals surface area contributed by atoms with E-state index < -0.39 is 34.3 Å². The van der Waals surface area contributed by atoms with E-state index in [1.54, 1.807) is 42.5 Å². The molecule has 2 amide bonds. The van der Waals surface area contributed by atoms with Crippen molar-refractivity contribution in [3.63, 3.8) is 0 Å². The molecule has 4 aromatic rings. The van der Waals surface area contributed by atoms with Crippen LogP contribution in [0.3, 0.4) is 0 Å². The zero-order valence-corrected chi connectivity index (χ0v) is 26.3. The van der Waals surface area contributed by atoms with Gasteiger partial charge in [-0.1, -0.05) is 85.1 Å². The molecule has 0 heterocycles. The quantitative estimate of drug-likeness (QED) is 0.194. The average Bonchev–Trinajstić information content (AvgIpc) is 3.57. The molecule has 45 heavy (non-hydrogen) atoms. The standard InChI is InChI=1S/C35H35ClFN3O4S/c36-28-17-15-27(16-18-28)24-39(33(23-26-9-3-1-4-10-26)35(42)38-30-11-7-8-12-30)34(41)25-40(31-21-19-29(37)20-22-31)45(43,44)32-13-5-2-6-14-32/h1-6,9-10,13-22,30,33H,7-8,11-12,23-25H2,(H,38,42)/t33-/m1/s1. The lowest BCUT2D eigenvalue weighted by molar-refractivity contribution is -0.140. The molecule has 234 valence electrons. The van der Waals surface area contributed by atoms with Gasteiger partial charge in [-0.15, -0.1) is 0 Å². The summed E-state index contributed by atoms with van der Waals surface area (Å²) in [6.45, 7) is -0.577. The average molecular weight is 648 g/mol. The van der Waals surface area contributed by atoms with Crippen molar-refractivity contribution in [1.82, 2.24) is 10.2 Å². The maximum atomic E-state index is 14.5. The number of amides is 2. The molecule has 0 saturated heterocycles. The van der Waals surface area contributed by atoms with Gasteiger partial charge in [0.15, 0.2) is 0 Å². The first-order chi connectivity index (χ1) is 21.7. The highest BCUT2D eigenvalue weighted by atomic mass is 35.5. The van der Waals surface area contributed by atoms with Gasteiger partial charge in [0, 0.05) is 24.0 Å². The van der Waals surface area contributed by atoms with E-state index in [0.29, 0.717) is 5.02 Å². The van der Waals surface area contributed by atoms with Gasteiger partial charge in [0.1, 0.15) is 18.4 Å². The SMILES string of the molecule is O=C(NC1CCCC1)[C@@H](Cc1ccccc1)N(Cc1ccc(Cl)cc1)C(=O)CN(c1ccc(F)cc1)S(=O)(=O)c1ccccc1. The summed E-state index contributed by atoms with van der Waals surface area (Å²) < 4.78 is 42.8. The zero-order chi connectivity index (χ0) is 31.8. The third kappa shape index (κ3) is 8.29. The summed E-state index contributed by atoms with van der Waals surface area (Å²) >= 11 is 6.14. The lowest BCUT2D eigenvalue weighted by Gasteiger charge is -2.34. The van der Waals surface area contributed by atoms with Gasteiger partial charge in [-0.05, 0) is 72.5 Å². The van der Waals surface area contributed by atoms with Gasteiger partial charge in [-0.2, -0.15) is 0 Å². The minimum atomic E-state index is -4.25. The lowest BCUT2D eigenvalue weighted by Crippen LogP contribution is -2.54. The minimum absolute atomic E-state index is 0.0115. The number of nitrogens with zero attached hydrogens (tertiary/aromatic N) is 2. The summed E-state index contributed by atoms with van der Waals surface area (Å²) in [4.78, 5) is 29.9. The lowest BCUT2D eigenvalue weighted by atomic mass is 10.0. The van der Waals surface area contributed by atoms with E-state index in [2.05, 4.69) is 5.32 Å². The van der Waals surface area contributed by atoms with Crippen molar-refractivity contribution in [3.05, 3.63) is 131 Å². The van der Waals surface area contributed by atoms with Gasteiger partial charge in [0.05, 0.1) is 10.6 Å². The molecule has 10 heteroatoms. The van der Waals surface area contributed by atoms with Crippen LogP contribution in [0.15, 0.2) is 114 Å². The number of hydrogen-bond donors (Lipinski definition) is 1. The Morgan fingerprint density at radius 3 is 2.04 bits per heavy atom. The van der Waals surface area contributed by atoms with Crippen molar-refractivity contribution < 1.29 is 22.4 Å². The summed E-state index contributed by atoms with van der Waals surface area (Å²) in [7, 11) is -4.25. The Morgan fingerprint density at radius 1 is 0.822 bits per heavy atom. The van der Waals surface area contributed by atoms with E-state index in [9.17, 15) is 22.4 Å². The monoisotopic (exact) mass is 647 g/mol. The first-order valence-electron chi connectivity index (χ1n) is 14.9. The number of anilines is 1. The highest BCUT2D eigenvalue weighted by Crippen LogP contribution is 2.26. The van der Waals surface area contributed by atoms with Crippen molar-refractivity contribution in [3.8, 4) is 0 Å². The summed E-state index contributed by atoms with van der Waals surface area (Å²) in [6, 6.07) is 28.1. The van der Waals surface area contributed by atoms with Gasteiger partial charge in [0.2, 0.25) is 11.8 Å². The third-order valence-electron chi connectivity index (χ3n) is 7.96. The number of nitrogens with one attached hydrogen (secondary N) is 1. The predicted octanol–water partition coefficient (Wildman–Crippen LogP) is 6.37. The molecule has 5 rings (SSSR count). The normalized spacial score (nSPS) is 14.1. The largest absolute Gasteiger partial charge is 0.352 e. The molecular weight excluding hydrogens is 613 g/mol. The second-order valence-corrected chi connectivity index (χ2v) is 13.4. The second-order valence-electron chi connectivity index (χ2n) is 11.1. The Morgan fingerprint density at radius 2 is 1.42 bits per heavy atom. The van der Waals surface area contributed by atoms with Crippen molar-refractivity contribution in [2.24, 2.45) is 0 Å². The third-order valence-corrected chi connectivity index (χ3v) is 10.0. The van der Waals surface area contributed by atoms with E-state index in [4.69, 9.17) is 11.6 Å². The van der Waals surface area contributed by atoms with Gasteiger partial charge in [0.25, 0.3) is 10.0 Å². The molecule has 0 radical (unpaired) electrons. The topological polar surface area (TPSA) is 86.8 Å². The minimum Gasteiger partial charge on any atom is -0.352 e. The van der Waals surface area contributed by atoms with Crippen molar-refractivity contribution >= 4 is 39.1 Å². The summed E-state index contributed by atoms with van der Waals surface area (Å²) in [5.74, 6) is -1.43. The van der Waals surface area contributed by atoms with Crippen molar-refractivity contribution in [2.45, 2.75) is 55.6 Å². The number of benzene rings is 4. The Kier molecular flexibility index (Phi) is 10.5. The summed E-state index contributed by atoms with van der Waals surface area (Å²) in [5.41, 5.74) is 1.69. The van der Waals surface area contributed by atoms with Crippen LogP contribution in [0.25, 0.3) is 0 Å². The number of halogens is 2. The number of hydrogen-bond acceptors (Lipinski definition) is 4. The molecule has 1 aliphatic rings. The van der Waals surface area contributed by atoms with Crippen molar-refractivity contribution in [2.75, 3.05) is 10.8 Å². The van der Waals surface area contributed by atoms with Crippen LogP contribution >= 0.6 is 11.6 Å². The Labute approximate surface area is 268 Å². The van der Waals surface area contributed by atoms with Crippen molar-refractivity contribution in [1.29, 1.82) is 0 Å². The molecule has 0 bridgehead atoms. The molecule has 1 atom stereocenters. The number of rotatable bonds is 12. The summed E-state index contributed by atoms with van der Waals surface area (Å²) in [5, 5.41) is 3.67. The second kappa shape index (κ2) is 14.7. The Hall–Kier alpha value is -4.21. The number of sulfonamides is 1. The molecule has 4 aromatic carbocycles. The molecule has 0 aliphatic heterocycles. The van der Waals surface area contributed by atoms with Crippen LogP contribution in [0.5, 0.6) is 0 Å². The van der Waals surface area contributed by atoms with Gasteiger partial charge in [-0.25, -0.2) is 12.8 Å². The molecule has 1 N–H and O–H groups in total. The van der Waals surface area contributed by atoms with Gasteiger partial charge < -0.3 is 10.2 Å². The molecular formula is C35H35ClFN3O4S. The molecule has 0 unspecified atom stereocenters. The van der Waals surface area contributed by atoms with E-state index in [-0.39, 0.29) is 35.5 Å². The molecule has 7 nitrogen and oxygen atoms in total. The molecule has 1 saturated carbocycles. The van der Waals surface area contributed by atoms with Crippen LogP contribution in [0, 0.1) is 5.82 Å². The highest BCUT2D eigenvalue weighted by Gasteiger charge is 2.35. The van der Waals surface area contributed by atoms with E-state index in [1.165, 1.54) is 29.2 Å². The first kappa shape index (κ1) is 32.2. The Balaban J connectivity index is 1.55. The van der Waals surface area contributed by atoms with E-state index in [1.807, 2.05) is 30.3 Å². The zero-order valence-electron chi connectivity index (χ0n) is 24.7. The smallest absolute Gasteiger partial charge is 0.264 e. The van der Waals surface area contributed by atoms with Crippen LogP contribution < -0.4 is 9.62 Å². The fourth-order valence-electron chi connectivity index (χ4n) is 5.56. The fourth-order valence-corrected chi connectivity index (χ4v) is 7.12.